The molecule has 0 radical (unpaired) electrons. The van der Waals surface area contributed by atoms with Crippen molar-refractivity contribution in [1.29, 1.82) is 0 Å². The van der Waals surface area contributed by atoms with Crippen molar-refractivity contribution in [2.24, 2.45) is 5.92 Å². The lowest BCUT2D eigenvalue weighted by Gasteiger charge is -2.09. The minimum atomic E-state index is 0.158. The minimum absolute atomic E-state index is 0.158. The first-order valence-electron chi connectivity index (χ1n) is 6.96. The summed E-state index contributed by atoms with van der Waals surface area (Å²) in [6.45, 7) is 3.04. The molecule has 1 fully saturated rings. The Kier molecular flexibility index (Phi) is 5.86. The van der Waals surface area contributed by atoms with E-state index in [0.29, 0.717) is 6.42 Å². The lowest BCUT2D eigenvalue weighted by molar-refractivity contribution is -0.121. The van der Waals surface area contributed by atoms with Crippen molar-refractivity contribution in [2.45, 2.75) is 25.7 Å². The van der Waals surface area contributed by atoms with Gasteiger partial charge in [-0.25, -0.2) is 0 Å². The first-order chi connectivity index (χ1) is 9.24. The van der Waals surface area contributed by atoms with E-state index in [-0.39, 0.29) is 5.91 Å². The molecule has 1 aliphatic rings. The lowest BCUT2D eigenvalue weighted by atomic mass is 10.1. The second kappa shape index (κ2) is 7.65. The zero-order valence-corrected chi connectivity index (χ0v) is 12.7. The van der Waals surface area contributed by atoms with Crippen LogP contribution in [0.2, 0.25) is 0 Å². The van der Waals surface area contributed by atoms with Crippen LogP contribution in [0.1, 0.15) is 24.8 Å². The maximum Gasteiger partial charge on any atom is 0.220 e. The third kappa shape index (κ3) is 5.33. The first kappa shape index (κ1) is 14.5. The van der Waals surface area contributed by atoms with Gasteiger partial charge in [-0.3, -0.25) is 4.79 Å². The Bertz CT molecular complexity index is 416. The molecule has 0 saturated carbocycles. The fraction of sp³-hybridized carbons (Fsp3) is 0.533. The van der Waals surface area contributed by atoms with Gasteiger partial charge in [0.1, 0.15) is 0 Å². The Morgan fingerprint density at radius 2 is 2.37 bits per heavy atom. The fourth-order valence-corrected chi connectivity index (χ4v) is 2.86. The number of carbonyl (C=O) groups excluding carboxylic acids is 1. The molecule has 0 aromatic heterocycles. The number of aryl methyl sites for hydroxylation is 1. The molecule has 1 aliphatic heterocycles. The molecular formula is C15H21BrN2O. The lowest BCUT2D eigenvalue weighted by Crippen LogP contribution is -2.26. The fourth-order valence-electron chi connectivity index (χ4n) is 2.42. The van der Waals surface area contributed by atoms with Gasteiger partial charge in [0.05, 0.1) is 0 Å². The summed E-state index contributed by atoms with van der Waals surface area (Å²) < 4.78 is 1.07. The van der Waals surface area contributed by atoms with Gasteiger partial charge in [-0.05, 0) is 56.0 Å². The van der Waals surface area contributed by atoms with E-state index in [1.807, 2.05) is 12.1 Å². The van der Waals surface area contributed by atoms with Gasteiger partial charge >= 0.3 is 0 Å². The van der Waals surface area contributed by atoms with E-state index in [1.165, 1.54) is 12.0 Å². The summed E-state index contributed by atoms with van der Waals surface area (Å²) in [5, 5.41) is 6.36. The predicted octanol–water partition coefficient (Wildman–Crippen LogP) is 2.50. The first-order valence-corrected chi connectivity index (χ1v) is 7.75. The number of hydrogen-bond acceptors (Lipinski definition) is 2. The van der Waals surface area contributed by atoms with Crippen molar-refractivity contribution in [3.63, 3.8) is 0 Å². The van der Waals surface area contributed by atoms with Gasteiger partial charge in [0.15, 0.2) is 0 Å². The number of nitrogens with one attached hydrogen (secondary N) is 2. The van der Waals surface area contributed by atoms with Crippen LogP contribution >= 0.6 is 15.9 Å². The third-order valence-electron chi connectivity index (χ3n) is 3.57. The number of rotatable bonds is 6. The molecule has 2 rings (SSSR count). The van der Waals surface area contributed by atoms with Crippen LogP contribution in [0.25, 0.3) is 0 Å². The Morgan fingerprint density at radius 3 is 3.11 bits per heavy atom. The zero-order valence-electron chi connectivity index (χ0n) is 11.1. The monoisotopic (exact) mass is 324 g/mol. The molecule has 1 aromatic rings. The summed E-state index contributed by atoms with van der Waals surface area (Å²) in [4.78, 5) is 11.7. The van der Waals surface area contributed by atoms with Gasteiger partial charge in [-0.1, -0.05) is 28.1 Å². The summed E-state index contributed by atoms with van der Waals surface area (Å²) in [6, 6.07) is 8.13. The summed E-state index contributed by atoms with van der Waals surface area (Å²) >= 11 is 3.44. The Morgan fingerprint density at radius 1 is 1.47 bits per heavy atom. The van der Waals surface area contributed by atoms with Crippen molar-refractivity contribution in [3.8, 4) is 0 Å². The van der Waals surface area contributed by atoms with Gasteiger partial charge in [0, 0.05) is 17.4 Å². The van der Waals surface area contributed by atoms with E-state index in [2.05, 4.69) is 38.7 Å². The smallest absolute Gasteiger partial charge is 0.220 e. The molecule has 1 amide bonds. The van der Waals surface area contributed by atoms with E-state index in [0.717, 1.165) is 42.9 Å². The van der Waals surface area contributed by atoms with Crippen LogP contribution in [0.15, 0.2) is 28.7 Å². The highest BCUT2D eigenvalue weighted by Gasteiger charge is 2.13. The molecule has 19 heavy (non-hydrogen) atoms. The number of halogens is 1. The standard InChI is InChI=1S/C15H21BrN2O/c16-14-3-1-2-12(10-14)4-5-15(19)18-9-7-13-6-8-17-11-13/h1-3,10,13,17H,4-9,11H2,(H,18,19). The predicted molar refractivity (Wildman–Crippen MR) is 81.1 cm³/mol. The second-order valence-electron chi connectivity index (χ2n) is 5.13. The Balaban J connectivity index is 1.61. The van der Waals surface area contributed by atoms with Gasteiger partial charge in [-0.2, -0.15) is 0 Å². The quantitative estimate of drug-likeness (QED) is 0.844. The van der Waals surface area contributed by atoms with E-state index >= 15 is 0 Å². The van der Waals surface area contributed by atoms with Crippen LogP contribution in [0, 0.1) is 5.92 Å². The summed E-state index contributed by atoms with van der Waals surface area (Å²) in [6.07, 6.45) is 3.71. The molecule has 3 nitrogen and oxygen atoms in total. The maximum absolute atomic E-state index is 11.7. The SMILES string of the molecule is O=C(CCc1cccc(Br)c1)NCCC1CCNC1. The average Bonchev–Trinajstić information content (AvgIpc) is 2.90. The van der Waals surface area contributed by atoms with Gasteiger partial charge in [0.25, 0.3) is 0 Å². The molecule has 1 unspecified atom stereocenters. The van der Waals surface area contributed by atoms with Crippen LogP contribution in [-0.2, 0) is 11.2 Å². The Hall–Kier alpha value is -0.870. The molecule has 0 bridgehead atoms. The van der Waals surface area contributed by atoms with Crippen molar-refractivity contribution in [2.75, 3.05) is 19.6 Å². The molecule has 1 aromatic carbocycles. The van der Waals surface area contributed by atoms with Gasteiger partial charge in [0.2, 0.25) is 5.91 Å². The highest BCUT2D eigenvalue weighted by molar-refractivity contribution is 9.10. The van der Waals surface area contributed by atoms with Crippen molar-refractivity contribution < 1.29 is 4.79 Å². The normalized spacial score (nSPS) is 18.5. The largest absolute Gasteiger partial charge is 0.356 e. The third-order valence-corrected chi connectivity index (χ3v) is 4.06. The van der Waals surface area contributed by atoms with Gasteiger partial charge < -0.3 is 10.6 Å². The molecule has 2 N–H and O–H groups in total. The average molecular weight is 325 g/mol. The van der Waals surface area contributed by atoms with Crippen LogP contribution in [0.5, 0.6) is 0 Å². The zero-order chi connectivity index (χ0) is 13.5. The van der Waals surface area contributed by atoms with Crippen LogP contribution in [-0.4, -0.2) is 25.5 Å². The molecule has 0 aliphatic carbocycles. The maximum atomic E-state index is 11.7. The molecule has 0 spiro atoms. The van der Waals surface area contributed by atoms with Crippen molar-refractivity contribution in [3.05, 3.63) is 34.3 Å². The summed E-state index contributed by atoms with van der Waals surface area (Å²) in [7, 11) is 0. The number of amides is 1. The molecule has 4 heteroatoms. The highest BCUT2D eigenvalue weighted by Crippen LogP contribution is 2.13. The van der Waals surface area contributed by atoms with E-state index in [4.69, 9.17) is 0 Å². The minimum Gasteiger partial charge on any atom is -0.356 e. The number of hydrogen-bond donors (Lipinski definition) is 2. The molecule has 104 valence electrons. The van der Waals surface area contributed by atoms with Crippen molar-refractivity contribution >= 4 is 21.8 Å². The van der Waals surface area contributed by atoms with Gasteiger partial charge in [-0.15, -0.1) is 0 Å². The number of benzene rings is 1. The highest BCUT2D eigenvalue weighted by atomic mass is 79.9. The number of carbonyl (C=O) groups is 1. The molecule has 1 atom stereocenters. The van der Waals surface area contributed by atoms with Crippen LogP contribution < -0.4 is 10.6 Å². The van der Waals surface area contributed by atoms with Crippen LogP contribution in [0.3, 0.4) is 0 Å². The van der Waals surface area contributed by atoms with Crippen molar-refractivity contribution in [1.82, 2.24) is 10.6 Å². The van der Waals surface area contributed by atoms with E-state index in [9.17, 15) is 4.79 Å². The van der Waals surface area contributed by atoms with E-state index < -0.39 is 0 Å². The second-order valence-corrected chi connectivity index (χ2v) is 6.04. The molecule has 1 saturated heterocycles. The topological polar surface area (TPSA) is 41.1 Å². The summed E-state index contributed by atoms with van der Waals surface area (Å²) in [5.74, 6) is 0.899. The van der Waals surface area contributed by atoms with Crippen LogP contribution in [0.4, 0.5) is 0 Å². The molecular weight excluding hydrogens is 304 g/mol. The Labute approximate surface area is 123 Å². The summed E-state index contributed by atoms with van der Waals surface area (Å²) in [5.41, 5.74) is 1.20. The molecule has 1 heterocycles. The van der Waals surface area contributed by atoms with E-state index in [1.54, 1.807) is 0 Å².